The molecule has 0 aliphatic rings. The van der Waals surface area contributed by atoms with Crippen LogP contribution in [0.25, 0.3) is 0 Å². The third kappa shape index (κ3) is 4.85. The zero-order chi connectivity index (χ0) is 22.7. The lowest BCUT2D eigenvalue weighted by atomic mass is 10.3. The minimum absolute atomic E-state index is 0.0221. The van der Waals surface area contributed by atoms with Gasteiger partial charge in [-0.2, -0.15) is 0 Å². The van der Waals surface area contributed by atoms with Crippen LogP contribution in [-0.4, -0.2) is 23.4 Å². The van der Waals surface area contributed by atoms with E-state index in [1.165, 1.54) is 35.0 Å². The second kappa shape index (κ2) is 8.90. The second-order valence-corrected chi connectivity index (χ2v) is 9.74. The summed E-state index contributed by atoms with van der Waals surface area (Å²) in [6, 6.07) is 16.4. The maximum Gasteiger partial charge on any atom is 0.263 e. The third-order valence-corrected chi connectivity index (χ3v) is 6.67. The number of nitrogens with one attached hydrogen (secondary N) is 2. The van der Waals surface area contributed by atoms with Crippen molar-refractivity contribution in [2.24, 2.45) is 10.2 Å². The van der Waals surface area contributed by atoms with Crippen LogP contribution in [0.15, 0.2) is 80.3 Å². The Bertz CT molecular complexity index is 1420. The molecule has 0 aliphatic heterocycles. The lowest BCUT2D eigenvalue weighted by Crippen LogP contribution is -2.12. The van der Waals surface area contributed by atoms with Gasteiger partial charge in [-0.05, 0) is 55.5 Å². The lowest BCUT2D eigenvalue weighted by Gasteiger charge is -2.07. The summed E-state index contributed by atoms with van der Waals surface area (Å²) in [5, 5.41) is 22.3. The lowest BCUT2D eigenvalue weighted by molar-refractivity contribution is 0.400. The summed E-state index contributed by atoms with van der Waals surface area (Å²) in [7, 11) is -3.83. The largest absolute Gasteiger partial charge is 0.491 e. The fourth-order valence-corrected chi connectivity index (χ4v) is 4.57. The van der Waals surface area contributed by atoms with Gasteiger partial charge in [0, 0.05) is 6.07 Å². The van der Waals surface area contributed by atoms with Crippen LogP contribution in [0.5, 0.6) is 5.88 Å². The van der Waals surface area contributed by atoms with Crippen molar-refractivity contribution in [1.82, 2.24) is 9.83 Å². The molecule has 0 radical (unpaired) electrons. The fraction of sp³-hybridized carbons (Fsp3) is 0.0526. The van der Waals surface area contributed by atoms with Crippen LogP contribution in [0, 0.1) is 10.9 Å². The van der Waals surface area contributed by atoms with E-state index in [0.717, 1.165) is 17.0 Å². The molecule has 13 heteroatoms. The molecule has 0 bridgehead atoms. The van der Waals surface area contributed by atoms with E-state index >= 15 is 0 Å². The summed E-state index contributed by atoms with van der Waals surface area (Å²) in [6.07, 6.45) is 0. The SMILES string of the molecule is Cc1cc(NS(=O)(=O)c2ccc(N=Nc3sc(=S)n(Nc4ccccc4)c3O)cc2)no1. The number of aromatic nitrogens is 2. The minimum Gasteiger partial charge on any atom is -0.491 e. The Morgan fingerprint density at radius 2 is 1.84 bits per heavy atom. The number of azo groups is 1. The molecule has 0 saturated heterocycles. The van der Waals surface area contributed by atoms with Crippen molar-refractivity contribution in [3.63, 3.8) is 0 Å². The van der Waals surface area contributed by atoms with Crippen LogP contribution in [-0.2, 0) is 10.0 Å². The van der Waals surface area contributed by atoms with E-state index in [9.17, 15) is 13.5 Å². The van der Waals surface area contributed by atoms with Gasteiger partial charge in [0.25, 0.3) is 15.9 Å². The maximum atomic E-state index is 12.4. The molecule has 2 aromatic heterocycles. The Morgan fingerprint density at radius 1 is 1.12 bits per heavy atom. The first kappa shape index (κ1) is 21.7. The average Bonchev–Trinajstić information content (AvgIpc) is 3.30. The standard InChI is InChI=1S/C19H16N6O4S3/c1-12-11-16(23-29-12)24-32(27,28)15-9-7-13(8-10-15)20-21-17-18(26)25(19(30)31-17)22-14-5-3-2-4-6-14/h2-11,22,26H,1H3,(H,23,24). The van der Waals surface area contributed by atoms with Crippen molar-refractivity contribution in [1.29, 1.82) is 0 Å². The Balaban J connectivity index is 1.49. The highest BCUT2D eigenvalue weighted by Gasteiger charge is 2.16. The van der Waals surface area contributed by atoms with Crippen LogP contribution < -0.4 is 10.1 Å². The minimum atomic E-state index is -3.83. The molecule has 0 saturated carbocycles. The molecule has 2 aromatic carbocycles. The first-order valence-corrected chi connectivity index (χ1v) is 11.8. The van der Waals surface area contributed by atoms with Crippen molar-refractivity contribution < 1.29 is 18.0 Å². The van der Waals surface area contributed by atoms with Crippen LogP contribution in [0.3, 0.4) is 0 Å². The predicted molar refractivity (Wildman–Crippen MR) is 123 cm³/mol. The molecular weight excluding hydrogens is 472 g/mol. The van der Waals surface area contributed by atoms with E-state index in [0.29, 0.717) is 15.4 Å². The maximum absolute atomic E-state index is 12.4. The smallest absolute Gasteiger partial charge is 0.263 e. The number of hydrogen-bond acceptors (Lipinski definition) is 10. The summed E-state index contributed by atoms with van der Waals surface area (Å²) in [6.45, 7) is 1.66. The van der Waals surface area contributed by atoms with Gasteiger partial charge in [0.2, 0.25) is 5.00 Å². The highest BCUT2D eigenvalue weighted by atomic mass is 32.2. The van der Waals surface area contributed by atoms with E-state index in [1.54, 1.807) is 6.92 Å². The van der Waals surface area contributed by atoms with Gasteiger partial charge in [-0.1, -0.05) is 34.7 Å². The molecule has 2 heterocycles. The molecule has 0 atom stereocenters. The predicted octanol–water partition coefficient (Wildman–Crippen LogP) is 5.37. The number of sulfonamides is 1. The summed E-state index contributed by atoms with van der Waals surface area (Å²) in [5.74, 6) is 0.397. The van der Waals surface area contributed by atoms with Gasteiger partial charge in [-0.25, -0.2) is 13.1 Å². The molecule has 0 amide bonds. The molecule has 4 rings (SSSR count). The number of hydrogen-bond donors (Lipinski definition) is 3. The van der Waals surface area contributed by atoms with Crippen molar-refractivity contribution in [3.05, 3.63) is 70.4 Å². The quantitative estimate of drug-likeness (QED) is 0.235. The van der Waals surface area contributed by atoms with Gasteiger partial charge in [0.05, 0.1) is 16.3 Å². The molecule has 4 aromatic rings. The molecule has 3 N–H and O–H groups in total. The first-order valence-electron chi connectivity index (χ1n) is 9.07. The number of aromatic hydroxyl groups is 1. The Hall–Kier alpha value is -3.55. The van der Waals surface area contributed by atoms with Crippen LogP contribution in [0.2, 0.25) is 0 Å². The van der Waals surface area contributed by atoms with Crippen molar-refractivity contribution in [2.45, 2.75) is 11.8 Å². The second-order valence-electron chi connectivity index (χ2n) is 6.43. The summed E-state index contributed by atoms with van der Waals surface area (Å²) in [5.41, 5.74) is 4.12. The normalized spacial score (nSPS) is 11.7. The van der Waals surface area contributed by atoms with E-state index in [4.69, 9.17) is 16.7 Å². The fourth-order valence-electron chi connectivity index (χ4n) is 2.57. The number of thiazole rings is 1. The zero-order valence-electron chi connectivity index (χ0n) is 16.5. The number of aryl methyl sites for hydroxylation is 1. The van der Waals surface area contributed by atoms with E-state index in [-0.39, 0.29) is 21.6 Å². The Kier molecular flexibility index (Phi) is 6.03. The first-order chi connectivity index (χ1) is 15.3. The van der Waals surface area contributed by atoms with Crippen LogP contribution in [0.4, 0.5) is 22.2 Å². The highest BCUT2D eigenvalue weighted by Crippen LogP contribution is 2.35. The van der Waals surface area contributed by atoms with Crippen LogP contribution in [0.1, 0.15) is 5.76 Å². The number of anilines is 2. The van der Waals surface area contributed by atoms with Gasteiger partial charge >= 0.3 is 0 Å². The van der Waals surface area contributed by atoms with Gasteiger partial charge in [-0.3, -0.25) is 10.1 Å². The zero-order valence-corrected chi connectivity index (χ0v) is 18.9. The molecule has 0 spiro atoms. The van der Waals surface area contributed by atoms with Gasteiger partial charge in [0.1, 0.15) is 5.76 Å². The Labute approximate surface area is 191 Å². The molecule has 164 valence electrons. The van der Waals surface area contributed by atoms with Crippen molar-refractivity contribution in [3.8, 4) is 5.88 Å². The summed E-state index contributed by atoms with van der Waals surface area (Å²) >= 11 is 6.35. The summed E-state index contributed by atoms with van der Waals surface area (Å²) in [4.78, 5) is 0.0221. The number of benzene rings is 2. The van der Waals surface area contributed by atoms with Gasteiger partial charge < -0.3 is 9.63 Å². The van der Waals surface area contributed by atoms with Crippen LogP contribution >= 0.6 is 23.6 Å². The van der Waals surface area contributed by atoms with Gasteiger partial charge in [-0.15, -0.1) is 10.2 Å². The summed E-state index contributed by atoms with van der Waals surface area (Å²) < 4.78 is 33.7. The number of nitrogens with zero attached hydrogens (tertiary/aromatic N) is 4. The highest BCUT2D eigenvalue weighted by molar-refractivity contribution is 7.92. The van der Waals surface area contributed by atoms with Gasteiger partial charge in [0.15, 0.2) is 9.77 Å². The van der Waals surface area contributed by atoms with E-state index in [2.05, 4.69) is 25.5 Å². The molecular formula is C19H16N6O4S3. The molecule has 0 aliphatic carbocycles. The topological polar surface area (TPSA) is 134 Å². The molecule has 0 unspecified atom stereocenters. The van der Waals surface area contributed by atoms with E-state index in [1.807, 2.05) is 30.3 Å². The molecule has 32 heavy (non-hydrogen) atoms. The third-order valence-electron chi connectivity index (χ3n) is 4.05. The average molecular weight is 489 g/mol. The Morgan fingerprint density at radius 3 is 2.50 bits per heavy atom. The number of rotatable bonds is 7. The van der Waals surface area contributed by atoms with Crippen molar-refractivity contribution in [2.75, 3.05) is 10.1 Å². The number of para-hydroxylation sites is 1. The van der Waals surface area contributed by atoms with E-state index < -0.39 is 10.0 Å². The van der Waals surface area contributed by atoms with Crippen molar-refractivity contribution >= 4 is 55.8 Å². The molecule has 0 fully saturated rings. The molecule has 10 nitrogen and oxygen atoms in total. The monoisotopic (exact) mass is 488 g/mol.